The van der Waals surface area contributed by atoms with E-state index < -0.39 is 17.8 Å². The van der Waals surface area contributed by atoms with Gasteiger partial charge < -0.3 is 10.4 Å². The molecule has 2 rings (SSSR count). The van der Waals surface area contributed by atoms with Crippen LogP contribution in [0.2, 0.25) is 0 Å². The van der Waals surface area contributed by atoms with E-state index in [1.807, 2.05) is 24.6 Å². The SMILES string of the molecule is CCC(NCc1ccnn1CC)C(O)c1ccc(C(F)(F)F)cc1. The molecule has 0 aliphatic rings. The lowest BCUT2D eigenvalue weighted by Gasteiger charge is -2.24. The van der Waals surface area contributed by atoms with Gasteiger partial charge in [0.25, 0.3) is 0 Å². The highest BCUT2D eigenvalue weighted by Crippen LogP contribution is 2.30. The number of aliphatic hydroxyl groups excluding tert-OH is 1. The molecule has 0 aliphatic heterocycles. The second kappa shape index (κ2) is 7.81. The normalized spacial score (nSPS) is 14.6. The Morgan fingerprint density at radius 3 is 2.38 bits per heavy atom. The van der Waals surface area contributed by atoms with Crippen LogP contribution in [-0.2, 0) is 19.3 Å². The molecular weight excluding hydrogens is 319 g/mol. The van der Waals surface area contributed by atoms with E-state index >= 15 is 0 Å². The first-order chi connectivity index (χ1) is 11.4. The summed E-state index contributed by atoms with van der Waals surface area (Å²) in [4.78, 5) is 0. The van der Waals surface area contributed by atoms with Gasteiger partial charge in [-0.2, -0.15) is 18.3 Å². The van der Waals surface area contributed by atoms with E-state index in [4.69, 9.17) is 0 Å². The molecule has 0 fully saturated rings. The number of benzene rings is 1. The highest BCUT2D eigenvalue weighted by molar-refractivity contribution is 5.26. The highest BCUT2D eigenvalue weighted by Gasteiger charge is 2.30. The first kappa shape index (κ1) is 18.5. The number of aliphatic hydroxyl groups is 1. The lowest BCUT2D eigenvalue weighted by Crippen LogP contribution is -2.34. The molecule has 1 aromatic carbocycles. The van der Waals surface area contributed by atoms with Crippen molar-refractivity contribution in [2.75, 3.05) is 0 Å². The number of hydrogen-bond acceptors (Lipinski definition) is 3. The maximum Gasteiger partial charge on any atom is 0.416 e. The minimum atomic E-state index is -4.37. The second-order valence-corrected chi connectivity index (χ2v) is 5.60. The third kappa shape index (κ3) is 4.36. The van der Waals surface area contributed by atoms with Crippen LogP contribution in [0.15, 0.2) is 36.5 Å². The molecule has 0 saturated carbocycles. The number of nitrogens with zero attached hydrogens (tertiary/aromatic N) is 2. The van der Waals surface area contributed by atoms with Crippen LogP contribution >= 0.6 is 0 Å². The van der Waals surface area contributed by atoms with Crippen molar-refractivity contribution in [2.45, 2.75) is 51.7 Å². The summed E-state index contributed by atoms with van der Waals surface area (Å²) in [7, 11) is 0. The summed E-state index contributed by atoms with van der Waals surface area (Å²) < 4.78 is 39.7. The third-order valence-electron chi connectivity index (χ3n) is 4.05. The van der Waals surface area contributed by atoms with Crippen LogP contribution in [0.3, 0.4) is 0 Å². The molecule has 0 saturated heterocycles. The maximum atomic E-state index is 12.6. The van der Waals surface area contributed by atoms with Crippen molar-refractivity contribution in [1.29, 1.82) is 0 Å². The molecule has 0 aliphatic carbocycles. The van der Waals surface area contributed by atoms with Gasteiger partial charge in [0.15, 0.2) is 0 Å². The molecular formula is C17H22F3N3O. The summed E-state index contributed by atoms with van der Waals surface area (Å²) in [5.41, 5.74) is 0.744. The van der Waals surface area contributed by atoms with Crippen molar-refractivity contribution in [3.8, 4) is 0 Å². The molecule has 0 bridgehead atoms. The summed E-state index contributed by atoms with van der Waals surface area (Å²) in [6, 6.07) is 6.28. The van der Waals surface area contributed by atoms with Crippen molar-refractivity contribution in [3.63, 3.8) is 0 Å². The maximum absolute atomic E-state index is 12.6. The van der Waals surface area contributed by atoms with Crippen LogP contribution in [-0.4, -0.2) is 20.9 Å². The molecule has 2 aromatic rings. The van der Waals surface area contributed by atoms with Gasteiger partial charge in [-0.15, -0.1) is 0 Å². The first-order valence-corrected chi connectivity index (χ1v) is 7.96. The van der Waals surface area contributed by atoms with Crippen LogP contribution in [0.4, 0.5) is 13.2 Å². The molecule has 0 spiro atoms. The fraction of sp³-hybridized carbons (Fsp3) is 0.471. The van der Waals surface area contributed by atoms with E-state index in [1.165, 1.54) is 12.1 Å². The number of hydrogen-bond donors (Lipinski definition) is 2. The minimum absolute atomic E-state index is 0.262. The van der Waals surface area contributed by atoms with Crippen LogP contribution in [0.25, 0.3) is 0 Å². The quantitative estimate of drug-likeness (QED) is 0.810. The zero-order valence-electron chi connectivity index (χ0n) is 13.7. The smallest absolute Gasteiger partial charge is 0.387 e. The van der Waals surface area contributed by atoms with Gasteiger partial charge >= 0.3 is 6.18 Å². The molecule has 1 heterocycles. The predicted octanol–water partition coefficient (Wildman–Crippen LogP) is 3.52. The van der Waals surface area contributed by atoms with Crippen LogP contribution in [0, 0.1) is 0 Å². The van der Waals surface area contributed by atoms with Gasteiger partial charge in [-0.25, -0.2) is 0 Å². The zero-order chi connectivity index (χ0) is 17.7. The molecule has 132 valence electrons. The van der Waals surface area contributed by atoms with Crippen molar-refractivity contribution >= 4 is 0 Å². The van der Waals surface area contributed by atoms with Crippen LogP contribution < -0.4 is 5.32 Å². The number of alkyl halides is 3. The van der Waals surface area contributed by atoms with Gasteiger partial charge in [0, 0.05) is 25.3 Å². The van der Waals surface area contributed by atoms with E-state index in [0.717, 1.165) is 24.4 Å². The molecule has 2 atom stereocenters. The monoisotopic (exact) mass is 341 g/mol. The van der Waals surface area contributed by atoms with E-state index in [9.17, 15) is 18.3 Å². The predicted molar refractivity (Wildman–Crippen MR) is 85.2 cm³/mol. The van der Waals surface area contributed by atoms with Gasteiger partial charge in [0.05, 0.1) is 17.4 Å². The molecule has 24 heavy (non-hydrogen) atoms. The summed E-state index contributed by atoms with van der Waals surface area (Å²) in [6.07, 6.45) is -2.89. The minimum Gasteiger partial charge on any atom is -0.387 e. The van der Waals surface area contributed by atoms with Crippen molar-refractivity contribution < 1.29 is 18.3 Å². The second-order valence-electron chi connectivity index (χ2n) is 5.60. The van der Waals surface area contributed by atoms with Gasteiger partial charge in [-0.1, -0.05) is 19.1 Å². The van der Waals surface area contributed by atoms with Crippen molar-refractivity contribution in [3.05, 3.63) is 53.3 Å². The van der Waals surface area contributed by atoms with E-state index in [-0.39, 0.29) is 6.04 Å². The standard InChI is InChI=1S/C17H22F3N3O/c1-3-15(21-11-14-9-10-22-23(14)4-2)16(24)12-5-7-13(8-6-12)17(18,19)20/h5-10,15-16,21,24H,3-4,11H2,1-2H3. The molecule has 4 nitrogen and oxygen atoms in total. The first-order valence-electron chi connectivity index (χ1n) is 7.96. The average molecular weight is 341 g/mol. The van der Waals surface area contributed by atoms with Gasteiger partial charge in [0.1, 0.15) is 0 Å². The lowest BCUT2D eigenvalue weighted by molar-refractivity contribution is -0.137. The van der Waals surface area contributed by atoms with Crippen LogP contribution in [0.5, 0.6) is 0 Å². The highest BCUT2D eigenvalue weighted by atomic mass is 19.4. The number of aryl methyl sites for hydroxylation is 1. The number of rotatable bonds is 7. The van der Waals surface area contributed by atoms with Crippen LogP contribution in [0.1, 0.15) is 43.2 Å². The van der Waals surface area contributed by atoms with E-state index in [0.29, 0.717) is 18.5 Å². The Labute approximate surface area is 139 Å². The fourth-order valence-corrected chi connectivity index (χ4v) is 2.61. The lowest BCUT2D eigenvalue weighted by atomic mass is 9.99. The van der Waals surface area contributed by atoms with Gasteiger partial charge in [-0.05, 0) is 37.1 Å². The Hall–Kier alpha value is -1.86. The average Bonchev–Trinajstić information content (AvgIpc) is 3.02. The fourth-order valence-electron chi connectivity index (χ4n) is 2.61. The summed E-state index contributed by atoms with van der Waals surface area (Å²) in [6.45, 7) is 5.19. The number of aromatic nitrogens is 2. The Bertz CT molecular complexity index is 637. The topological polar surface area (TPSA) is 50.1 Å². The summed E-state index contributed by atoms with van der Waals surface area (Å²) >= 11 is 0. The van der Waals surface area contributed by atoms with Gasteiger partial charge in [0.2, 0.25) is 0 Å². The third-order valence-corrected chi connectivity index (χ3v) is 4.05. The number of halogens is 3. The molecule has 1 aromatic heterocycles. The van der Waals surface area contributed by atoms with Crippen molar-refractivity contribution in [2.24, 2.45) is 0 Å². The Morgan fingerprint density at radius 2 is 1.83 bits per heavy atom. The van der Waals surface area contributed by atoms with Crippen molar-refractivity contribution in [1.82, 2.24) is 15.1 Å². The molecule has 0 radical (unpaired) electrons. The summed E-state index contributed by atoms with van der Waals surface area (Å²) in [5, 5.41) is 17.9. The van der Waals surface area contributed by atoms with Gasteiger partial charge in [-0.3, -0.25) is 4.68 Å². The molecule has 2 N–H and O–H groups in total. The molecule has 2 unspecified atom stereocenters. The molecule has 7 heteroatoms. The Balaban J connectivity index is 2.04. The zero-order valence-corrected chi connectivity index (χ0v) is 13.7. The largest absolute Gasteiger partial charge is 0.416 e. The number of nitrogens with one attached hydrogen (secondary N) is 1. The molecule has 0 amide bonds. The van der Waals surface area contributed by atoms with E-state index in [2.05, 4.69) is 10.4 Å². The summed E-state index contributed by atoms with van der Waals surface area (Å²) in [5.74, 6) is 0. The van der Waals surface area contributed by atoms with E-state index in [1.54, 1.807) is 6.20 Å². The Kier molecular flexibility index (Phi) is 6.01. The Morgan fingerprint density at radius 1 is 1.17 bits per heavy atom.